The second kappa shape index (κ2) is 8.82. The molecule has 1 aliphatic carbocycles. The summed E-state index contributed by atoms with van der Waals surface area (Å²) in [4.78, 5) is 25.1. The van der Waals surface area contributed by atoms with Gasteiger partial charge in [-0.25, -0.2) is 0 Å². The molecule has 2 N–H and O–H groups in total. The van der Waals surface area contributed by atoms with Gasteiger partial charge in [-0.2, -0.15) is 5.26 Å². The van der Waals surface area contributed by atoms with E-state index >= 15 is 0 Å². The molecule has 4 rings (SSSR count). The molecule has 0 saturated carbocycles. The number of nitriles is 1. The topological polar surface area (TPSA) is 95.1 Å². The Morgan fingerprint density at radius 1 is 1.33 bits per heavy atom. The molecule has 30 heavy (non-hydrogen) atoms. The van der Waals surface area contributed by atoms with E-state index in [1.807, 2.05) is 0 Å². The maximum Gasteiger partial charge on any atom is 0.234 e. The fourth-order valence-corrected chi connectivity index (χ4v) is 4.73. The zero-order valence-electron chi connectivity index (χ0n) is 15.9. The molecule has 2 heterocycles. The number of Topliss-reactive ketones (excluding diaryl/α,β-unsaturated/α-hetero) is 1. The minimum atomic E-state index is -0.549. The summed E-state index contributed by atoms with van der Waals surface area (Å²) >= 11 is 7.19. The van der Waals surface area contributed by atoms with Gasteiger partial charge in [0.2, 0.25) is 5.91 Å². The number of nitrogens with one attached hydrogen (secondary N) is 2. The molecular formula is C22H18ClN3O3S. The van der Waals surface area contributed by atoms with Crippen molar-refractivity contribution >= 4 is 40.7 Å². The Hall–Kier alpha value is -2.95. The van der Waals surface area contributed by atoms with Gasteiger partial charge in [-0.05, 0) is 43.2 Å². The summed E-state index contributed by atoms with van der Waals surface area (Å²) in [5, 5.41) is 17.0. The number of amides is 1. The van der Waals surface area contributed by atoms with Crippen LogP contribution in [0.3, 0.4) is 0 Å². The van der Waals surface area contributed by atoms with Crippen molar-refractivity contribution in [1.29, 1.82) is 5.26 Å². The van der Waals surface area contributed by atoms with E-state index in [1.54, 1.807) is 36.4 Å². The maximum atomic E-state index is 12.6. The average Bonchev–Trinajstić information content (AvgIpc) is 3.26. The van der Waals surface area contributed by atoms with Gasteiger partial charge in [-0.1, -0.05) is 29.4 Å². The highest BCUT2D eigenvalue weighted by atomic mass is 35.5. The van der Waals surface area contributed by atoms with Crippen molar-refractivity contribution in [2.75, 3.05) is 11.1 Å². The third-order valence-electron chi connectivity index (χ3n) is 4.95. The van der Waals surface area contributed by atoms with Crippen molar-refractivity contribution < 1.29 is 14.0 Å². The van der Waals surface area contributed by atoms with Gasteiger partial charge in [0.15, 0.2) is 5.78 Å². The first-order chi connectivity index (χ1) is 14.6. The van der Waals surface area contributed by atoms with Gasteiger partial charge < -0.3 is 15.1 Å². The first kappa shape index (κ1) is 20.3. The Morgan fingerprint density at radius 3 is 2.93 bits per heavy atom. The molecule has 0 bridgehead atoms. The van der Waals surface area contributed by atoms with Gasteiger partial charge in [0.05, 0.1) is 34.6 Å². The van der Waals surface area contributed by atoms with Gasteiger partial charge in [-0.15, -0.1) is 0 Å². The van der Waals surface area contributed by atoms with Crippen molar-refractivity contribution in [3.8, 4) is 6.07 Å². The number of nitrogens with zero attached hydrogens (tertiary/aromatic N) is 1. The number of halogens is 1. The number of ketones is 1. The number of carbonyl (C=O) groups is 2. The molecule has 0 radical (unpaired) electrons. The highest BCUT2D eigenvalue weighted by Crippen LogP contribution is 2.44. The minimum Gasteiger partial charge on any atom is -0.468 e. The van der Waals surface area contributed by atoms with Crippen LogP contribution in [0, 0.1) is 11.3 Å². The van der Waals surface area contributed by atoms with E-state index in [1.165, 1.54) is 18.0 Å². The molecule has 0 saturated heterocycles. The number of carbonyl (C=O) groups excluding carboxylic acids is 2. The van der Waals surface area contributed by atoms with E-state index in [2.05, 4.69) is 16.7 Å². The zero-order valence-corrected chi connectivity index (χ0v) is 17.5. The standard InChI is InChI=1S/C22H18ClN3O3S/c23-13-4-1-5-14(10-13)25-19(28)12-30-22-15(11-24)20(18-8-3-9-29-18)21-16(26-22)6-2-7-17(21)27/h1,3-5,8-10,20,26H,2,6-7,12H2,(H,25,28)/t20-/m0/s1. The van der Waals surface area contributed by atoms with Crippen LogP contribution in [-0.4, -0.2) is 17.4 Å². The Labute approximate surface area is 183 Å². The lowest BCUT2D eigenvalue weighted by atomic mass is 9.79. The summed E-state index contributed by atoms with van der Waals surface area (Å²) in [6.07, 6.45) is 3.46. The SMILES string of the molecule is N#CC1=C(SCC(=O)Nc2cccc(Cl)c2)NC2=C(C(=O)CCC2)[C@@H]1c1ccco1. The van der Waals surface area contributed by atoms with E-state index in [-0.39, 0.29) is 17.4 Å². The number of dihydropyridines is 1. The molecule has 2 aromatic rings. The van der Waals surface area contributed by atoms with Gasteiger partial charge in [0, 0.05) is 28.4 Å². The van der Waals surface area contributed by atoms with Crippen LogP contribution in [0.1, 0.15) is 30.9 Å². The zero-order chi connectivity index (χ0) is 21.1. The Kier molecular flexibility index (Phi) is 5.98. The smallest absolute Gasteiger partial charge is 0.234 e. The average molecular weight is 440 g/mol. The monoisotopic (exact) mass is 439 g/mol. The minimum absolute atomic E-state index is 0.0284. The molecule has 152 valence electrons. The summed E-state index contributed by atoms with van der Waals surface area (Å²) in [5.74, 6) is -0.0880. The van der Waals surface area contributed by atoms with Crippen LogP contribution in [-0.2, 0) is 9.59 Å². The number of thioether (sulfide) groups is 1. The van der Waals surface area contributed by atoms with Crippen LogP contribution in [0.25, 0.3) is 0 Å². The van der Waals surface area contributed by atoms with E-state index in [0.29, 0.717) is 39.1 Å². The number of anilines is 1. The molecule has 0 fully saturated rings. The largest absolute Gasteiger partial charge is 0.468 e. The van der Waals surface area contributed by atoms with Crippen LogP contribution in [0.15, 0.2) is 69.0 Å². The van der Waals surface area contributed by atoms with Crippen LogP contribution < -0.4 is 10.6 Å². The number of hydrogen-bond donors (Lipinski definition) is 2. The Morgan fingerprint density at radius 2 is 2.20 bits per heavy atom. The fraction of sp³-hybridized carbons (Fsp3) is 0.227. The summed E-state index contributed by atoms with van der Waals surface area (Å²) < 4.78 is 5.57. The lowest BCUT2D eigenvalue weighted by Gasteiger charge is -2.32. The second-order valence-electron chi connectivity index (χ2n) is 6.94. The molecule has 8 heteroatoms. The Bertz CT molecular complexity index is 1100. The van der Waals surface area contributed by atoms with Gasteiger partial charge >= 0.3 is 0 Å². The normalized spacial score (nSPS) is 18.5. The lowest BCUT2D eigenvalue weighted by molar-refractivity contribution is -0.116. The van der Waals surface area contributed by atoms with Crippen molar-refractivity contribution in [2.24, 2.45) is 0 Å². The van der Waals surface area contributed by atoms with Crippen LogP contribution >= 0.6 is 23.4 Å². The van der Waals surface area contributed by atoms with E-state index < -0.39 is 5.92 Å². The van der Waals surface area contributed by atoms with Crippen molar-refractivity contribution in [3.05, 3.63) is 75.3 Å². The van der Waals surface area contributed by atoms with Crippen LogP contribution in [0.5, 0.6) is 0 Å². The summed E-state index contributed by atoms with van der Waals surface area (Å²) in [5.41, 5.74) is 2.40. The van der Waals surface area contributed by atoms with E-state index in [9.17, 15) is 14.9 Å². The Balaban J connectivity index is 1.57. The maximum absolute atomic E-state index is 12.6. The molecule has 1 aromatic carbocycles. The predicted molar refractivity (Wildman–Crippen MR) is 116 cm³/mol. The molecule has 0 spiro atoms. The quantitative estimate of drug-likeness (QED) is 0.699. The molecule has 1 aliphatic heterocycles. The molecular weight excluding hydrogens is 422 g/mol. The van der Waals surface area contributed by atoms with Gasteiger partial charge in [0.1, 0.15) is 5.76 Å². The fourth-order valence-electron chi connectivity index (χ4n) is 3.68. The van der Waals surface area contributed by atoms with Gasteiger partial charge in [-0.3, -0.25) is 9.59 Å². The first-order valence-corrected chi connectivity index (χ1v) is 10.8. The molecule has 0 unspecified atom stereocenters. The number of hydrogen-bond acceptors (Lipinski definition) is 6. The summed E-state index contributed by atoms with van der Waals surface area (Å²) in [7, 11) is 0. The third kappa shape index (κ3) is 4.16. The molecule has 6 nitrogen and oxygen atoms in total. The molecule has 1 atom stereocenters. The van der Waals surface area contributed by atoms with Crippen molar-refractivity contribution in [2.45, 2.75) is 25.2 Å². The third-order valence-corrected chi connectivity index (χ3v) is 6.20. The number of furan rings is 1. The van der Waals surface area contributed by atoms with Gasteiger partial charge in [0.25, 0.3) is 0 Å². The number of rotatable bonds is 5. The molecule has 2 aliphatic rings. The highest BCUT2D eigenvalue weighted by molar-refractivity contribution is 8.03. The number of allylic oxidation sites excluding steroid dienone is 3. The molecule has 1 amide bonds. The highest BCUT2D eigenvalue weighted by Gasteiger charge is 2.38. The first-order valence-electron chi connectivity index (χ1n) is 9.46. The summed E-state index contributed by atoms with van der Waals surface area (Å²) in [6.45, 7) is 0. The van der Waals surface area contributed by atoms with Crippen molar-refractivity contribution in [3.63, 3.8) is 0 Å². The second-order valence-corrected chi connectivity index (χ2v) is 8.37. The van der Waals surface area contributed by atoms with Crippen LogP contribution in [0.2, 0.25) is 5.02 Å². The van der Waals surface area contributed by atoms with E-state index in [4.69, 9.17) is 16.0 Å². The van der Waals surface area contributed by atoms with Crippen molar-refractivity contribution in [1.82, 2.24) is 5.32 Å². The molecule has 1 aromatic heterocycles. The summed E-state index contributed by atoms with van der Waals surface area (Å²) in [6, 6.07) is 12.6. The lowest BCUT2D eigenvalue weighted by Crippen LogP contribution is -2.31. The van der Waals surface area contributed by atoms with Crippen LogP contribution in [0.4, 0.5) is 5.69 Å². The predicted octanol–water partition coefficient (Wildman–Crippen LogP) is 4.73. The number of benzene rings is 1. The van der Waals surface area contributed by atoms with E-state index in [0.717, 1.165) is 18.5 Å².